The molecule has 1 aliphatic heterocycles. The number of hydrogen-bond acceptors (Lipinski definition) is 4. The summed E-state index contributed by atoms with van der Waals surface area (Å²) >= 11 is 0. The van der Waals surface area contributed by atoms with Crippen LogP contribution in [-0.2, 0) is 6.54 Å². The normalized spacial score (nSPS) is 20.8. The molecule has 1 aromatic heterocycles. The Labute approximate surface area is 116 Å². The number of pyridine rings is 1. The molecular formula is C15H26N4. The fraction of sp³-hybridized carbons (Fsp3) is 0.667. The minimum atomic E-state index is 0.533. The van der Waals surface area contributed by atoms with E-state index < -0.39 is 0 Å². The number of aromatic nitrogens is 1. The van der Waals surface area contributed by atoms with Crippen molar-refractivity contribution in [1.82, 2.24) is 15.2 Å². The SMILES string of the molecule is CCCNCc1cccc(N2CCN(C)CC2C)n1. The van der Waals surface area contributed by atoms with Gasteiger partial charge >= 0.3 is 0 Å². The molecule has 4 nitrogen and oxygen atoms in total. The van der Waals surface area contributed by atoms with E-state index in [1.807, 2.05) is 0 Å². The lowest BCUT2D eigenvalue weighted by Gasteiger charge is -2.39. The van der Waals surface area contributed by atoms with Crippen molar-refractivity contribution in [1.29, 1.82) is 0 Å². The number of anilines is 1. The van der Waals surface area contributed by atoms with Gasteiger partial charge in [-0.2, -0.15) is 0 Å². The quantitative estimate of drug-likeness (QED) is 0.819. The van der Waals surface area contributed by atoms with E-state index in [-0.39, 0.29) is 0 Å². The number of nitrogens with one attached hydrogen (secondary N) is 1. The van der Waals surface area contributed by atoms with Crippen molar-refractivity contribution < 1.29 is 0 Å². The zero-order chi connectivity index (χ0) is 13.7. The maximum absolute atomic E-state index is 4.79. The third-order valence-electron chi connectivity index (χ3n) is 3.65. The first-order chi connectivity index (χ1) is 9.20. The van der Waals surface area contributed by atoms with Crippen molar-refractivity contribution in [2.24, 2.45) is 0 Å². The highest BCUT2D eigenvalue weighted by atomic mass is 15.3. The number of likely N-dealkylation sites (N-methyl/N-ethyl adjacent to an activating group) is 1. The minimum absolute atomic E-state index is 0.533. The van der Waals surface area contributed by atoms with E-state index >= 15 is 0 Å². The summed E-state index contributed by atoms with van der Waals surface area (Å²) < 4.78 is 0. The van der Waals surface area contributed by atoms with Gasteiger partial charge in [0.2, 0.25) is 0 Å². The van der Waals surface area contributed by atoms with Gasteiger partial charge in [0.05, 0.1) is 5.69 Å². The molecule has 1 unspecified atom stereocenters. The standard InChI is InChI=1S/C15H26N4/c1-4-8-16-11-14-6-5-7-15(17-14)19-10-9-18(3)12-13(19)2/h5-7,13,16H,4,8-12H2,1-3H3. The van der Waals surface area contributed by atoms with Crippen molar-refractivity contribution >= 4 is 5.82 Å². The van der Waals surface area contributed by atoms with Gasteiger partial charge < -0.3 is 15.1 Å². The van der Waals surface area contributed by atoms with Crippen LogP contribution in [0.1, 0.15) is 26.0 Å². The molecule has 0 saturated carbocycles. The van der Waals surface area contributed by atoms with Crippen LogP contribution in [0.25, 0.3) is 0 Å². The molecule has 19 heavy (non-hydrogen) atoms. The monoisotopic (exact) mass is 262 g/mol. The fourth-order valence-electron chi connectivity index (χ4n) is 2.60. The van der Waals surface area contributed by atoms with Gasteiger partial charge in [-0.15, -0.1) is 0 Å². The first-order valence-electron chi connectivity index (χ1n) is 7.32. The zero-order valence-electron chi connectivity index (χ0n) is 12.4. The highest BCUT2D eigenvalue weighted by Crippen LogP contribution is 2.18. The first kappa shape index (κ1) is 14.3. The molecule has 1 atom stereocenters. The van der Waals surface area contributed by atoms with Crippen LogP contribution in [0.15, 0.2) is 18.2 Å². The fourth-order valence-corrected chi connectivity index (χ4v) is 2.60. The van der Waals surface area contributed by atoms with Crippen LogP contribution in [0.3, 0.4) is 0 Å². The van der Waals surface area contributed by atoms with E-state index in [1.165, 1.54) is 0 Å². The van der Waals surface area contributed by atoms with Gasteiger partial charge in [-0.05, 0) is 39.1 Å². The summed E-state index contributed by atoms with van der Waals surface area (Å²) in [5, 5.41) is 3.41. The molecule has 1 saturated heterocycles. The van der Waals surface area contributed by atoms with Gasteiger partial charge in [0.1, 0.15) is 5.82 Å². The van der Waals surface area contributed by atoms with Crippen LogP contribution in [0, 0.1) is 0 Å². The molecule has 0 aromatic carbocycles. The highest BCUT2D eigenvalue weighted by Gasteiger charge is 2.22. The topological polar surface area (TPSA) is 31.4 Å². The second kappa shape index (κ2) is 6.87. The molecule has 1 fully saturated rings. The van der Waals surface area contributed by atoms with E-state index in [9.17, 15) is 0 Å². The lowest BCUT2D eigenvalue weighted by Crippen LogP contribution is -2.50. The number of hydrogen-bond donors (Lipinski definition) is 1. The molecule has 1 aliphatic rings. The largest absolute Gasteiger partial charge is 0.351 e. The third-order valence-corrected chi connectivity index (χ3v) is 3.65. The maximum Gasteiger partial charge on any atom is 0.129 e. The smallest absolute Gasteiger partial charge is 0.129 e. The molecule has 106 valence electrons. The van der Waals surface area contributed by atoms with E-state index in [0.717, 1.165) is 50.7 Å². The van der Waals surface area contributed by atoms with E-state index in [0.29, 0.717) is 6.04 Å². The molecule has 1 aromatic rings. The zero-order valence-corrected chi connectivity index (χ0v) is 12.4. The van der Waals surface area contributed by atoms with Crippen molar-refractivity contribution in [2.75, 3.05) is 38.1 Å². The number of piperazine rings is 1. The molecule has 2 rings (SSSR count). The third kappa shape index (κ3) is 3.91. The van der Waals surface area contributed by atoms with Crippen LogP contribution >= 0.6 is 0 Å². The van der Waals surface area contributed by atoms with Crippen LogP contribution in [0.4, 0.5) is 5.82 Å². The van der Waals surface area contributed by atoms with E-state index in [2.05, 4.69) is 54.2 Å². The summed E-state index contributed by atoms with van der Waals surface area (Å²) in [5.74, 6) is 1.12. The molecule has 0 radical (unpaired) electrons. The van der Waals surface area contributed by atoms with Gasteiger partial charge in [-0.25, -0.2) is 4.98 Å². The van der Waals surface area contributed by atoms with Crippen LogP contribution in [0.2, 0.25) is 0 Å². The Bertz CT molecular complexity index is 393. The number of nitrogens with zero attached hydrogens (tertiary/aromatic N) is 3. The molecular weight excluding hydrogens is 236 g/mol. The average Bonchev–Trinajstić information content (AvgIpc) is 2.39. The number of rotatable bonds is 5. The average molecular weight is 262 g/mol. The van der Waals surface area contributed by atoms with Crippen molar-refractivity contribution in [3.8, 4) is 0 Å². The molecule has 0 spiro atoms. The predicted molar refractivity (Wildman–Crippen MR) is 80.5 cm³/mol. The molecule has 2 heterocycles. The van der Waals surface area contributed by atoms with Crippen LogP contribution < -0.4 is 10.2 Å². The summed E-state index contributed by atoms with van der Waals surface area (Å²) in [6, 6.07) is 6.89. The van der Waals surface area contributed by atoms with E-state index in [4.69, 9.17) is 4.98 Å². The summed E-state index contributed by atoms with van der Waals surface area (Å²) in [6.45, 7) is 9.67. The highest BCUT2D eigenvalue weighted by molar-refractivity contribution is 5.41. The van der Waals surface area contributed by atoms with Gasteiger partial charge in [0, 0.05) is 32.2 Å². The van der Waals surface area contributed by atoms with Crippen molar-refractivity contribution in [3.05, 3.63) is 23.9 Å². The molecule has 0 bridgehead atoms. The maximum atomic E-state index is 4.79. The summed E-state index contributed by atoms with van der Waals surface area (Å²) in [7, 11) is 2.19. The summed E-state index contributed by atoms with van der Waals surface area (Å²) in [4.78, 5) is 9.59. The second-order valence-corrected chi connectivity index (χ2v) is 5.47. The Kier molecular flexibility index (Phi) is 5.16. The van der Waals surface area contributed by atoms with Gasteiger partial charge in [0.25, 0.3) is 0 Å². The van der Waals surface area contributed by atoms with Gasteiger partial charge in [-0.3, -0.25) is 0 Å². The van der Waals surface area contributed by atoms with E-state index in [1.54, 1.807) is 0 Å². The first-order valence-corrected chi connectivity index (χ1v) is 7.32. The Morgan fingerprint density at radius 3 is 2.95 bits per heavy atom. The lowest BCUT2D eigenvalue weighted by molar-refractivity contribution is 0.274. The molecule has 4 heteroatoms. The Hall–Kier alpha value is -1.13. The summed E-state index contributed by atoms with van der Waals surface area (Å²) in [6.07, 6.45) is 1.16. The van der Waals surface area contributed by atoms with Gasteiger partial charge in [-0.1, -0.05) is 13.0 Å². The Morgan fingerprint density at radius 1 is 1.37 bits per heavy atom. The Morgan fingerprint density at radius 2 is 2.21 bits per heavy atom. The molecule has 1 N–H and O–H groups in total. The Balaban J connectivity index is 2.01. The van der Waals surface area contributed by atoms with Crippen LogP contribution in [-0.4, -0.2) is 49.2 Å². The lowest BCUT2D eigenvalue weighted by atomic mass is 10.2. The van der Waals surface area contributed by atoms with Crippen LogP contribution in [0.5, 0.6) is 0 Å². The van der Waals surface area contributed by atoms with Gasteiger partial charge in [0.15, 0.2) is 0 Å². The molecule has 0 aliphatic carbocycles. The second-order valence-electron chi connectivity index (χ2n) is 5.47. The predicted octanol–water partition coefficient (Wildman–Crippen LogP) is 1.72. The minimum Gasteiger partial charge on any atom is -0.351 e. The van der Waals surface area contributed by atoms with Crippen molar-refractivity contribution in [2.45, 2.75) is 32.9 Å². The van der Waals surface area contributed by atoms with Crippen molar-refractivity contribution in [3.63, 3.8) is 0 Å². The molecule has 0 amide bonds. The summed E-state index contributed by atoms with van der Waals surface area (Å²) in [5.41, 5.74) is 1.14.